The SMILES string of the molecule is Cc1noc(C)c1C(=O)N1CCCC(C(=O)Nc2ccccn2)C1. The maximum atomic E-state index is 12.7. The van der Waals surface area contributed by atoms with Gasteiger partial charge in [0.05, 0.1) is 11.6 Å². The number of aromatic nitrogens is 2. The summed E-state index contributed by atoms with van der Waals surface area (Å²) in [4.78, 5) is 31.0. The van der Waals surface area contributed by atoms with E-state index in [0.717, 1.165) is 12.8 Å². The number of carbonyl (C=O) groups is 2. The van der Waals surface area contributed by atoms with E-state index in [2.05, 4.69) is 15.5 Å². The van der Waals surface area contributed by atoms with E-state index in [9.17, 15) is 9.59 Å². The van der Waals surface area contributed by atoms with Crippen molar-refractivity contribution in [3.05, 3.63) is 41.4 Å². The van der Waals surface area contributed by atoms with E-state index in [4.69, 9.17) is 4.52 Å². The van der Waals surface area contributed by atoms with Crippen LogP contribution in [-0.4, -0.2) is 39.9 Å². The molecule has 3 rings (SSSR count). The molecule has 0 saturated carbocycles. The standard InChI is InChI=1S/C17H20N4O3/c1-11-15(12(2)24-20-11)17(23)21-9-5-6-13(10-21)16(22)19-14-7-3-4-8-18-14/h3-4,7-8,13H,5-6,9-10H2,1-2H3,(H,18,19,22). The molecule has 1 aliphatic rings. The summed E-state index contributed by atoms with van der Waals surface area (Å²) in [5.74, 6) is 0.561. The smallest absolute Gasteiger partial charge is 0.259 e. The van der Waals surface area contributed by atoms with Gasteiger partial charge < -0.3 is 14.7 Å². The third kappa shape index (κ3) is 3.29. The highest BCUT2D eigenvalue weighted by atomic mass is 16.5. The van der Waals surface area contributed by atoms with Gasteiger partial charge in [0.1, 0.15) is 17.1 Å². The lowest BCUT2D eigenvalue weighted by atomic mass is 9.96. The van der Waals surface area contributed by atoms with Crippen LogP contribution in [0.4, 0.5) is 5.82 Å². The second-order valence-electron chi connectivity index (χ2n) is 5.99. The van der Waals surface area contributed by atoms with Gasteiger partial charge in [-0.2, -0.15) is 0 Å². The fraction of sp³-hybridized carbons (Fsp3) is 0.412. The van der Waals surface area contributed by atoms with Gasteiger partial charge in [-0.05, 0) is 38.8 Å². The molecule has 0 bridgehead atoms. The van der Waals surface area contributed by atoms with Crippen LogP contribution in [0.25, 0.3) is 0 Å². The minimum atomic E-state index is -0.245. The number of nitrogens with zero attached hydrogens (tertiary/aromatic N) is 3. The Morgan fingerprint density at radius 3 is 2.83 bits per heavy atom. The maximum absolute atomic E-state index is 12.7. The van der Waals surface area contributed by atoms with Gasteiger partial charge in [0.15, 0.2) is 0 Å². The lowest BCUT2D eigenvalue weighted by Crippen LogP contribution is -2.44. The van der Waals surface area contributed by atoms with Crippen molar-refractivity contribution in [1.29, 1.82) is 0 Å². The summed E-state index contributed by atoms with van der Waals surface area (Å²) >= 11 is 0. The molecule has 1 fully saturated rings. The monoisotopic (exact) mass is 328 g/mol. The van der Waals surface area contributed by atoms with Gasteiger partial charge in [0.2, 0.25) is 5.91 Å². The first-order valence-electron chi connectivity index (χ1n) is 8.00. The summed E-state index contributed by atoms with van der Waals surface area (Å²) in [5, 5.41) is 6.64. The zero-order valence-corrected chi connectivity index (χ0v) is 13.8. The van der Waals surface area contributed by atoms with Crippen molar-refractivity contribution in [3.8, 4) is 0 Å². The highest BCUT2D eigenvalue weighted by Crippen LogP contribution is 2.22. The lowest BCUT2D eigenvalue weighted by molar-refractivity contribution is -0.121. The van der Waals surface area contributed by atoms with Crippen molar-refractivity contribution in [2.24, 2.45) is 5.92 Å². The van der Waals surface area contributed by atoms with Crippen LogP contribution in [0.5, 0.6) is 0 Å². The summed E-state index contributed by atoms with van der Waals surface area (Å²) in [6.07, 6.45) is 3.17. The van der Waals surface area contributed by atoms with Crippen molar-refractivity contribution >= 4 is 17.6 Å². The van der Waals surface area contributed by atoms with Gasteiger partial charge in [-0.3, -0.25) is 9.59 Å². The van der Waals surface area contributed by atoms with E-state index in [1.165, 1.54) is 0 Å². The van der Waals surface area contributed by atoms with E-state index in [1.807, 2.05) is 6.07 Å². The molecular weight excluding hydrogens is 308 g/mol. The molecule has 1 N–H and O–H groups in total. The number of hydrogen-bond acceptors (Lipinski definition) is 5. The Bertz CT molecular complexity index is 722. The average Bonchev–Trinajstić information content (AvgIpc) is 2.94. The fourth-order valence-corrected chi connectivity index (χ4v) is 2.99. The van der Waals surface area contributed by atoms with Crippen molar-refractivity contribution in [3.63, 3.8) is 0 Å². The number of amides is 2. The first-order valence-corrected chi connectivity index (χ1v) is 8.00. The van der Waals surface area contributed by atoms with Gasteiger partial charge in [0, 0.05) is 19.3 Å². The maximum Gasteiger partial charge on any atom is 0.259 e. The molecule has 126 valence electrons. The Morgan fingerprint density at radius 1 is 1.33 bits per heavy atom. The quantitative estimate of drug-likeness (QED) is 0.933. The first kappa shape index (κ1) is 16.2. The molecule has 2 amide bonds. The van der Waals surface area contributed by atoms with Gasteiger partial charge in [-0.15, -0.1) is 0 Å². The van der Waals surface area contributed by atoms with E-state index in [0.29, 0.717) is 35.9 Å². The van der Waals surface area contributed by atoms with E-state index < -0.39 is 0 Å². The van der Waals surface area contributed by atoms with Crippen LogP contribution in [0.3, 0.4) is 0 Å². The molecule has 24 heavy (non-hydrogen) atoms. The van der Waals surface area contributed by atoms with Crippen molar-refractivity contribution < 1.29 is 14.1 Å². The molecule has 1 atom stereocenters. The molecule has 2 aromatic rings. The zero-order chi connectivity index (χ0) is 17.1. The fourth-order valence-electron chi connectivity index (χ4n) is 2.99. The first-order chi connectivity index (χ1) is 11.6. The molecule has 0 aliphatic carbocycles. The number of nitrogens with one attached hydrogen (secondary N) is 1. The second-order valence-corrected chi connectivity index (χ2v) is 5.99. The third-order valence-electron chi connectivity index (χ3n) is 4.24. The van der Waals surface area contributed by atoms with Crippen LogP contribution >= 0.6 is 0 Å². The summed E-state index contributed by atoms with van der Waals surface area (Å²) in [6.45, 7) is 4.50. The molecular formula is C17H20N4O3. The molecule has 2 aromatic heterocycles. The predicted molar refractivity (Wildman–Crippen MR) is 87.5 cm³/mol. The van der Waals surface area contributed by atoms with E-state index in [1.54, 1.807) is 37.1 Å². The Labute approximate surface area is 140 Å². The van der Waals surface area contributed by atoms with Crippen LogP contribution in [0.1, 0.15) is 34.7 Å². The number of pyridine rings is 1. The Kier molecular flexibility index (Phi) is 4.59. The summed E-state index contributed by atoms with van der Waals surface area (Å²) in [5.41, 5.74) is 1.08. The van der Waals surface area contributed by atoms with E-state index in [-0.39, 0.29) is 17.7 Å². The van der Waals surface area contributed by atoms with Crippen LogP contribution in [0, 0.1) is 19.8 Å². The molecule has 1 unspecified atom stereocenters. The highest BCUT2D eigenvalue weighted by Gasteiger charge is 2.31. The number of piperidine rings is 1. The largest absolute Gasteiger partial charge is 0.361 e. The third-order valence-corrected chi connectivity index (χ3v) is 4.24. The Balaban J connectivity index is 1.68. The number of hydrogen-bond donors (Lipinski definition) is 1. The molecule has 0 radical (unpaired) electrons. The Morgan fingerprint density at radius 2 is 2.17 bits per heavy atom. The van der Waals surface area contributed by atoms with Crippen LogP contribution in [-0.2, 0) is 4.79 Å². The topological polar surface area (TPSA) is 88.3 Å². The van der Waals surface area contributed by atoms with Crippen LogP contribution in [0.15, 0.2) is 28.9 Å². The van der Waals surface area contributed by atoms with Crippen LogP contribution in [0.2, 0.25) is 0 Å². The van der Waals surface area contributed by atoms with Crippen molar-refractivity contribution in [2.45, 2.75) is 26.7 Å². The van der Waals surface area contributed by atoms with Crippen molar-refractivity contribution in [1.82, 2.24) is 15.0 Å². The minimum Gasteiger partial charge on any atom is -0.361 e. The Hall–Kier alpha value is -2.70. The highest BCUT2D eigenvalue weighted by molar-refractivity contribution is 5.97. The second kappa shape index (κ2) is 6.82. The average molecular weight is 328 g/mol. The number of rotatable bonds is 3. The minimum absolute atomic E-state index is 0.107. The van der Waals surface area contributed by atoms with Gasteiger partial charge in [-0.25, -0.2) is 4.98 Å². The molecule has 0 aromatic carbocycles. The van der Waals surface area contributed by atoms with E-state index >= 15 is 0 Å². The summed E-state index contributed by atoms with van der Waals surface area (Å²) in [7, 11) is 0. The zero-order valence-electron chi connectivity index (χ0n) is 13.8. The van der Waals surface area contributed by atoms with Gasteiger partial charge >= 0.3 is 0 Å². The van der Waals surface area contributed by atoms with Crippen LogP contribution < -0.4 is 5.32 Å². The van der Waals surface area contributed by atoms with Gasteiger partial charge in [-0.1, -0.05) is 11.2 Å². The number of carbonyl (C=O) groups excluding carboxylic acids is 2. The molecule has 1 saturated heterocycles. The molecule has 0 spiro atoms. The predicted octanol–water partition coefficient (Wildman–Crippen LogP) is 2.18. The summed E-state index contributed by atoms with van der Waals surface area (Å²) in [6, 6.07) is 5.35. The van der Waals surface area contributed by atoms with Crippen molar-refractivity contribution in [2.75, 3.05) is 18.4 Å². The molecule has 3 heterocycles. The van der Waals surface area contributed by atoms with Gasteiger partial charge in [0.25, 0.3) is 5.91 Å². The lowest BCUT2D eigenvalue weighted by Gasteiger charge is -2.32. The number of aryl methyl sites for hydroxylation is 2. The number of likely N-dealkylation sites (tertiary alicyclic amines) is 1. The normalized spacial score (nSPS) is 17.6. The summed E-state index contributed by atoms with van der Waals surface area (Å²) < 4.78 is 5.08. The molecule has 7 nitrogen and oxygen atoms in total. The molecule has 1 aliphatic heterocycles. The number of anilines is 1. The molecule has 7 heteroatoms.